The van der Waals surface area contributed by atoms with Crippen molar-refractivity contribution in [2.75, 3.05) is 6.54 Å². The van der Waals surface area contributed by atoms with E-state index in [2.05, 4.69) is 22.4 Å². The molecule has 0 aliphatic carbocycles. The molecule has 10 heteroatoms. The van der Waals surface area contributed by atoms with Crippen LogP contribution in [0.4, 0.5) is 0 Å². The molecular weight excluding hydrogens is 430 g/mol. The molecule has 0 unspecified atom stereocenters. The van der Waals surface area contributed by atoms with Crippen molar-refractivity contribution >= 4 is 16.0 Å². The zero-order valence-corrected chi connectivity index (χ0v) is 18.7. The van der Waals surface area contributed by atoms with Crippen LogP contribution >= 0.6 is 0 Å². The van der Waals surface area contributed by atoms with E-state index in [0.717, 1.165) is 24.0 Å². The molecule has 3 aromatic rings. The molecule has 0 radical (unpaired) electrons. The Kier molecular flexibility index (Phi) is 6.61. The van der Waals surface area contributed by atoms with Gasteiger partial charge in [0, 0.05) is 19.6 Å². The summed E-state index contributed by atoms with van der Waals surface area (Å²) < 4.78 is 34.8. The average molecular weight is 456 g/mol. The van der Waals surface area contributed by atoms with E-state index < -0.39 is 16.0 Å². The number of aryl methyl sites for hydroxylation is 1. The SMILES string of the molecule is CCCCn1nnnc1COC(=O)c1cccc(S(=O)(=O)N2CCc3ccccc3C2)c1. The minimum Gasteiger partial charge on any atom is -0.454 e. The van der Waals surface area contributed by atoms with Gasteiger partial charge in [-0.3, -0.25) is 0 Å². The molecule has 1 aliphatic rings. The number of carbonyl (C=O) groups is 1. The van der Waals surface area contributed by atoms with Gasteiger partial charge in [0.25, 0.3) is 0 Å². The highest BCUT2D eigenvalue weighted by Gasteiger charge is 2.28. The fraction of sp³-hybridized carbons (Fsp3) is 0.364. The molecule has 2 heterocycles. The molecule has 0 amide bonds. The molecule has 0 saturated carbocycles. The molecule has 0 saturated heterocycles. The second kappa shape index (κ2) is 9.58. The van der Waals surface area contributed by atoms with E-state index in [9.17, 15) is 13.2 Å². The van der Waals surface area contributed by atoms with E-state index >= 15 is 0 Å². The molecule has 0 spiro atoms. The number of hydrogen-bond acceptors (Lipinski definition) is 7. The number of esters is 1. The number of rotatable bonds is 8. The van der Waals surface area contributed by atoms with Crippen LogP contribution in [-0.4, -0.2) is 45.4 Å². The second-order valence-electron chi connectivity index (χ2n) is 7.63. The summed E-state index contributed by atoms with van der Waals surface area (Å²) in [6.45, 7) is 3.33. The third kappa shape index (κ3) is 4.71. The first-order valence-electron chi connectivity index (χ1n) is 10.6. The van der Waals surface area contributed by atoms with Crippen LogP contribution in [0.25, 0.3) is 0 Å². The van der Waals surface area contributed by atoms with Gasteiger partial charge in [-0.25, -0.2) is 17.9 Å². The summed E-state index contributed by atoms with van der Waals surface area (Å²) in [6.07, 6.45) is 2.56. The van der Waals surface area contributed by atoms with Gasteiger partial charge in [0.1, 0.15) is 0 Å². The first kappa shape index (κ1) is 22.1. The molecule has 0 bridgehead atoms. The second-order valence-corrected chi connectivity index (χ2v) is 9.57. The van der Waals surface area contributed by atoms with Crippen LogP contribution in [0.3, 0.4) is 0 Å². The standard InChI is InChI=1S/C22H25N5O4S/c1-2-3-12-27-21(23-24-25-27)16-31-22(28)18-9-6-10-20(14-18)32(29,30)26-13-11-17-7-4-5-8-19(17)15-26/h4-10,14H,2-3,11-13,15-16H2,1H3. The maximum absolute atomic E-state index is 13.2. The number of nitrogens with zero attached hydrogens (tertiary/aromatic N) is 5. The Balaban J connectivity index is 1.46. The van der Waals surface area contributed by atoms with Gasteiger partial charge in [-0.15, -0.1) is 5.10 Å². The number of tetrazole rings is 1. The number of unbranched alkanes of at least 4 members (excludes halogenated alkanes) is 1. The van der Waals surface area contributed by atoms with Crippen LogP contribution in [0.15, 0.2) is 53.4 Å². The number of ether oxygens (including phenoxy) is 1. The maximum atomic E-state index is 13.2. The largest absolute Gasteiger partial charge is 0.454 e. The summed E-state index contributed by atoms with van der Waals surface area (Å²) in [5.74, 6) is -0.182. The number of aromatic nitrogens is 4. The predicted octanol–water partition coefficient (Wildman–Crippen LogP) is 2.58. The highest BCUT2D eigenvalue weighted by atomic mass is 32.2. The zero-order valence-electron chi connectivity index (χ0n) is 17.8. The predicted molar refractivity (Wildman–Crippen MR) is 116 cm³/mol. The van der Waals surface area contributed by atoms with Crippen molar-refractivity contribution < 1.29 is 17.9 Å². The number of hydrogen-bond donors (Lipinski definition) is 0. The Labute approximate surface area is 187 Å². The Hall–Kier alpha value is -3.11. The van der Waals surface area contributed by atoms with E-state index in [1.54, 1.807) is 10.7 Å². The van der Waals surface area contributed by atoms with Gasteiger partial charge in [0.2, 0.25) is 10.0 Å². The minimum atomic E-state index is -3.75. The van der Waals surface area contributed by atoms with Gasteiger partial charge in [0.15, 0.2) is 12.4 Å². The smallest absolute Gasteiger partial charge is 0.338 e. The van der Waals surface area contributed by atoms with Crippen LogP contribution in [0.5, 0.6) is 0 Å². The lowest BCUT2D eigenvalue weighted by Gasteiger charge is -2.28. The van der Waals surface area contributed by atoms with Crippen molar-refractivity contribution in [3.8, 4) is 0 Å². The van der Waals surface area contributed by atoms with Gasteiger partial charge < -0.3 is 4.74 Å². The Morgan fingerprint density at radius 2 is 1.94 bits per heavy atom. The van der Waals surface area contributed by atoms with E-state index in [1.165, 1.54) is 22.5 Å². The number of carbonyl (C=O) groups excluding carboxylic acids is 1. The average Bonchev–Trinajstić information content (AvgIpc) is 3.28. The number of sulfonamides is 1. The van der Waals surface area contributed by atoms with Crippen molar-refractivity contribution in [1.29, 1.82) is 0 Å². The Morgan fingerprint density at radius 1 is 1.12 bits per heavy atom. The lowest BCUT2D eigenvalue weighted by molar-refractivity contribution is 0.0456. The van der Waals surface area contributed by atoms with Crippen molar-refractivity contribution in [3.05, 3.63) is 71.0 Å². The molecule has 168 valence electrons. The van der Waals surface area contributed by atoms with E-state index in [-0.39, 0.29) is 17.1 Å². The number of fused-ring (bicyclic) bond motifs is 1. The van der Waals surface area contributed by atoms with Gasteiger partial charge >= 0.3 is 5.97 Å². The molecule has 32 heavy (non-hydrogen) atoms. The van der Waals surface area contributed by atoms with E-state index in [4.69, 9.17) is 4.74 Å². The topological polar surface area (TPSA) is 107 Å². The molecule has 9 nitrogen and oxygen atoms in total. The lowest BCUT2D eigenvalue weighted by Crippen LogP contribution is -2.36. The molecule has 4 rings (SSSR count). The minimum absolute atomic E-state index is 0.0686. The summed E-state index contributed by atoms with van der Waals surface area (Å²) in [7, 11) is -3.75. The molecule has 2 aromatic carbocycles. The fourth-order valence-electron chi connectivity index (χ4n) is 3.63. The summed E-state index contributed by atoms with van der Waals surface area (Å²) in [5.41, 5.74) is 2.33. The summed E-state index contributed by atoms with van der Waals surface area (Å²) in [4.78, 5) is 12.6. The Bertz CT molecular complexity index is 1210. The normalized spacial score (nSPS) is 14.2. The van der Waals surface area contributed by atoms with Crippen LogP contribution in [0.2, 0.25) is 0 Å². The third-order valence-corrected chi connectivity index (χ3v) is 7.31. The van der Waals surface area contributed by atoms with Gasteiger partial charge in [-0.1, -0.05) is 43.7 Å². The maximum Gasteiger partial charge on any atom is 0.338 e. The van der Waals surface area contributed by atoms with E-state index in [0.29, 0.717) is 31.9 Å². The molecule has 0 fully saturated rings. The molecule has 0 N–H and O–H groups in total. The molecule has 0 atom stereocenters. The van der Waals surface area contributed by atoms with Crippen LogP contribution in [0, 0.1) is 0 Å². The van der Waals surface area contributed by atoms with Crippen molar-refractivity contribution in [1.82, 2.24) is 24.5 Å². The quantitative estimate of drug-likeness (QED) is 0.481. The fourth-order valence-corrected chi connectivity index (χ4v) is 5.09. The summed E-state index contributed by atoms with van der Waals surface area (Å²) >= 11 is 0. The summed E-state index contributed by atoms with van der Waals surface area (Å²) in [6, 6.07) is 13.8. The highest BCUT2D eigenvalue weighted by molar-refractivity contribution is 7.89. The molecule has 1 aromatic heterocycles. The number of benzene rings is 2. The summed E-state index contributed by atoms with van der Waals surface area (Å²) in [5, 5.41) is 11.4. The first-order valence-corrected chi connectivity index (χ1v) is 12.0. The van der Waals surface area contributed by atoms with Crippen LogP contribution in [0.1, 0.15) is 47.1 Å². The third-order valence-electron chi connectivity index (χ3n) is 5.47. The van der Waals surface area contributed by atoms with Gasteiger partial charge in [-0.2, -0.15) is 4.31 Å². The Morgan fingerprint density at radius 3 is 2.75 bits per heavy atom. The highest BCUT2D eigenvalue weighted by Crippen LogP contribution is 2.25. The van der Waals surface area contributed by atoms with Gasteiger partial charge in [-0.05, 0) is 52.6 Å². The lowest BCUT2D eigenvalue weighted by atomic mass is 10.0. The molecular formula is C22H25N5O4S. The zero-order chi connectivity index (χ0) is 22.6. The van der Waals surface area contributed by atoms with Crippen LogP contribution < -0.4 is 0 Å². The van der Waals surface area contributed by atoms with Crippen LogP contribution in [-0.2, 0) is 40.9 Å². The van der Waals surface area contributed by atoms with Crippen molar-refractivity contribution in [2.45, 2.75) is 50.8 Å². The van der Waals surface area contributed by atoms with Crippen molar-refractivity contribution in [2.24, 2.45) is 0 Å². The van der Waals surface area contributed by atoms with Crippen molar-refractivity contribution in [3.63, 3.8) is 0 Å². The molecule has 1 aliphatic heterocycles. The first-order chi connectivity index (χ1) is 15.5. The van der Waals surface area contributed by atoms with Gasteiger partial charge in [0.05, 0.1) is 10.5 Å². The monoisotopic (exact) mass is 455 g/mol. The van der Waals surface area contributed by atoms with E-state index in [1.807, 2.05) is 24.3 Å².